The first-order valence-corrected chi connectivity index (χ1v) is 6.42. The fourth-order valence-corrected chi connectivity index (χ4v) is 2.49. The number of nitrogens with one attached hydrogen (secondary N) is 1. The van der Waals surface area contributed by atoms with Crippen molar-refractivity contribution in [2.24, 2.45) is 0 Å². The van der Waals surface area contributed by atoms with Crippen molar-refractivity contribution >= 4 is 39.7 Å². The molecule has 0 spiro atoms. The molecule has 0 aliphatic heterocycles. The SMILES string of the molecule is O=C(O)Cc1csc(NC(=O)c2cccs2)n1. The van der Waals surface area contributed by atoms with Gasteiger partial charge in [0.25, 0.3) is 5.91 Å². The number of amides is 1. The number of rotatable bonds is 4. The number of anilines is 1. The summed E-state index contributed by atoms with van der Waals surface area (Å²) in [5.41, 5.74) is 0.448. The molecule has 1 amide bonds. The molecular weight excluding hydrogens is 260 g/mol. The lowest BCUT2D eigenvalue weighted by atomic mass is 10.3. The van der Waals surface area contributed by atoms with Crippen molar-refractivity contribution in [3.63, 3.8) is 0 Å². The zero-order valence-electron chi connectivity index (χ0n) is 8.54. The van der Waals surface area contributed by atoms with Gasteiger partial charge < -0.3 is 5.11 Å². The number of hydrogen-bond acceptors (Lipinski definition) is 5. The van der Waals surface area contributed by atoms with Crippen molar-refractivity contribution in [2.45, 2.75) is 6.42 Å². The van der Waals surface area contributed by atoms with Crippen LogP contribution in [0.15, 0.2) is 22.9 Å². The lowest BCUT2D eigenvalue weighted by Crippen LogP contribution is -2.10. The molecule has 0 aliphatic rings. The minimum absolute atomic E-state index is 0.134. The second kappa shape index (κ2) is 5.07. The maximum atomic E-state index is 11.7. The standard InChI is InChI=1S/C10H8N2O3S2/c13-8(14)4-6-5-17-10(11-6)12-9(15)7-2-1-3-16-7/h1-3,5H,4H2,(H,13,14)(H,11,12,15). The highest BCUT2D eigenvalue weighted by Gasteiger charge is 2.10. The Bertz CT molecular complexity index is 534. The third-order valence-corrected chi connectivity index (χ3v) is 3.52. The van der Waals surface area contributed by atoms with Gasteiger partial charge >= 0.3 is 5.97 Å². The van der Waals surface area contributed by atoms with Crippen LogP contribution in [-0.2, 0) is 11.2 Å². The van der Waals surface area contributed by atoms with Crippen molar-refractivity contribution < 1.29 is 14.7 Å². The highest BCUT2D eigenvalue weighted by molar-refractivity contribution is 7.14. The minimum Gasteiger partial charge on any atom is -0.481 e. The summed E-state index contributed by atoms with van der Waals surface area (Å²) in [6.45, 7) is 0. The summed E-state index contributed by atoms with van der Waals surface area (Å²) in [5, 5.41) is 15.1. The highest BCUT2D eigenvalue weighted by Crippen LogP contribution is 2.18. The predicted octanol–water partition coefficient (Wildman–Crippen LogP) is 2.08. The zero-order valence-corrected chi connectivity index (χ0v) is 10.2. The van der Waals surface area contributed by atoms with E-state index in [9.17, 15) is 9.59 Å². The third-order valence-electron chi connectivity index (χ3n) is 1.85. The summed E-state index contributed by atoms with van der Waals surface area (Å²) in [6.07, 6.45) is -0.134. The van der Waals surface area contributed by atoms with Gasteiger partial charge in [-0.2, -0.15) is 0 Å². The molecule has 0 saturated heterocycles. The molecular formula is C10H8N2O3S2. The molecule has 2 aromatic rings. The Balaban J connectivity index is 2.02. The Morgan fingerprint density at radius 2 is 2.24 bits per heavy atom. The molecule has 0 saturated carbocycles. The lowest BCUT2D eigenvalue weighted by molar-refractivity contribution is -0.136. The summed E-state index contributed by atoms with van der Waals surface area (Å²) >= 11 is 2.55. The number of carbonyl (C=O) groups is 2. The number of thiazole rings is 1. The van der Waals surface area contributed by atoms with Gasteiger partial charge in [0.1, 0.15) is 0 Å². The minimum atomic E-state index is -0.938. The van der Waals surface area contributed by atoms with Crippen LogP contribution < -0.4 is 5.32 Å². The maximum absolute atomic E-state index is 11.7. The number of carbonyl (C=O) groups excluding carboxylic acids is 1. The highest BCUT2D eigenvalue weighted by atomic mass is 32.1. The van der Waals surface area contributed by atoms with Crippen LogP contribution in [0.25, 0.3) is 0 Å². The van der Waals surface area contributed by atoms with Gasteiger partial charge in [-0.25, -0.2) is 4.98 Å². The van der Waals surface area contributed by atoms with Crippen LogP contribution in [0, 0.1) is 0 Å². The zero-order chi connectivity index (χ0) is 12.3. The fourth-order valence-electron chi connectivity index (χ4n) is 1.17. The van der Waals surface area contributed by atoms with Gasteiger partial charge in [0, 0.05) is 5.38 Å². The monoisotopic (exact) mass is 268 g/mol. The number of carboxylic acid groups (broad SMARTS) is 1. The van der Waals surface area contributed by atoms with E-state index in [2.05, 4.69) is 10.3 Å². The van der Waals surface area contributed by atoms with E-state index in [4.69, 9.17) is 5.11 Å². The van der Waals surface area contributed by atoms with Gasteiger partial charge in [0.2, 0.25) is 0 Å². The summed E-state index contributed by atoms with van der Waals surface area (Å²) in [4.78, 5) is 26.7. The molecule has 17 heavy (non-hydrogen) atoms. The maximum Gasteiger partial charge on any atom is 0.309 e. The number of aromatic nitrogens is 1. The van der Waals surface area contributed by atoms with Crippen LogP contribution in [0.5, 0.6) is 0 Å². The average molecular weight is 268 g/mol. The normalized spacial score (nSPS) is 10.1. The van der Waals surface area contributed by atoms with Crippen LogP contribution >= 0.6 is 22.7 Å². The van der Waals surface area contributed by atoms with Crippen molar-refractivity contribution in [1.82, 2.24) is 4.98 Å². The van der Waals surface area contributed by atoms with E-state index >= 15 is 0 Å². The van der Waals surface area contributed by atoms with Crippen LogP contribution in [0.1, 0.15) is 15.4 Å². The van der Waals surface area contributed by atoms with E-state index in [0.717, 1.165) is 0 Å². The number of carboxylic acids is 1. The molecule has 7 heteroatoms. The van der Waals surface area contributed by atoms with Gasteiger partial charge in [-0.15, -0.1) is 22.7 Å². The van der Waals surface area contributed by atoms with Gasteiger partial charge in [-0.3, -0.25) is 14.9 Å². The van der Waals surface area contributed by atoms with Crippen LogP contribution in [-0.4, -0.2) is 22.0 Å². The predicted molar refractivity (Wildman–Crippen MR) is 65.7 cm³/mol. The molecule has 2 heterocycles. The van der Waals surface area contributed by atoms with Crippen molar-refractivity contribution in [2.75, 3.05) is 5.32 Å². The van der Waals surface area contributed by atoms with E-state index in [0.29, 0.717) is 15.7 Å². The molecule has 2 rings (SSSR count). The van der Waals surface area contributed by atoms with E-state index in [1.165, 1.54) is 22.7 Å². The van der Waals surface area contributed by atoms with Crippen molar-refractivity contribution in [3.8, 4) is 0 Å². The fraction of sp³-hybridized carbons (Fsp3) is 0.100. The third kappa shape index (κ3) is 3.11. The second-order valence-corrected chi connectivity index (χ2v) is 4.95. The molecule has 0 aromatic carbocycles. The van der Waals surface area contributed by atoms with Crippen LogP contribution in [0.4, 0.5) is 5.13 Å². The van der Waals surface area contributed by atoms with E-state index < -0.39 is 5.97 Å². The van der Waals surface area contributed by atoms with Crippen molar-refractivity contribution in [3.05, 3.63) is 33.5 Å². The molecule has 5 nitrogen and oxygen atoms in total. The summed E-state index contributed by atoms with van der Waals surface area (Å²) in [5.74, 6) is -1.16. The molecule has 2 aromatic heterocycles. The number of hydrogen-bond donors (Lipinski definition) is 2. The molecule has 0 unspecified atom stereocenters. The van der Waals surface area contributed by atoms with E-state index in [1.54, 1.807) is 17.5 Å². The summed E-state index contributed by atoms with van der Waals surface area (Å²) in [7, 11) is 0. The molecule has 0 fully saturated rings. The number of aliphatic carboxylic acids is 1. The van der Waals surface area contributed by atoms with E-state index in [-0.39, 0.29) is 12.3 Å². The Morgan fingerprint density at radius 1 is 1.41 bits per heavy atom. The molecule has 0 aliphatic carbocycles. The molecule has 0 atom stereocenters. The molecule has 2 N–H and O–H groups in total. The lowest BCUT2D eigenvalue weighted by Gasteiger charge is -1.97. The largest absolute Gasteiger partial charge is 0.481 e. The number of nitrogens with zero attached hydrogens (tertiary/aromatic N) is 1. The van der Waals surface area contributed by atoms with Gasteiger partial charge in [-0.05, 0) is 11.4 Å². The first-order chi connectivity index (χ1) is 8.15. The van der Waals surface area contributed by atoms with Gasteiger partial charge in [-0.1, -0.05) is 6.07 Å². The molecule has 0 bridgehead atoms. The topological polar surface area (TPSA) is 79.3 Å². The Hall–Kier alpha value is -1.73. The molecule has 88 valence electrons. The molecule has 0 radical (unpaired) electrons. The quantitative estimate of drug-likeness (QED) is 0.889. The smallest absolute Gasteiger partial charge is 0.309 e. The van der Waals surface area contributed by atoms with E-state index in [1.807, 2.05) is 5.38 Å². The average Bonchev–Trinajstić information content (AvgIpc) is 2.87. The van der Waals surface area contributed by atoms with Crippen LogP contribution in [0.3, 0.4) is 0 Å². The Morgan fingerprint density at radius 3 is 2.88 bits per heavy atom. The Labute approximate surface area is 105 Å². The first kappa shape index (κ1) is 11.7. The first-order valence-electron chi connectivity index (χ1n) is 4.66. The van der Waals surface area contributed by atoms with Gasteiger partial charge in [0.05, 0.1) is 17.0 Å². The Kier molecular flexibility index (Phi) is 3.50. The summed E-state index contributed by atoms with van der Waals surface area (Å²) in [6, 6.07) is 3.50. The van der Waals surface area contributed by atoms with Crippen LogP contribution in [0.2, 0.25) is 0 Å². The second-order valence-electron chi connectivity index (χ2n) is 3.15. The van der Waals surface area contributed by atoms with Gasteiger partial charge in [0.15, 0.2) is 5.13 Å². The number of thiophene rings is 1. The van der Waals surface area contributed by atoms with Crippen molar-refractivity contribution in [1.29, 1.82) is 0 Å². The summed E-state index contributed by atoms with van der Waals surface area (Å²) < 4.78 is 0.